The van der Waals surface area contributed by atoms with Crippen molar-refractivity contribution in [3.05, 3.63) is 94.7 Å². The van der Waals surface area contributed by atoms with Gasteiger partial charge in [-0.15, -0.1) is 0 Å². The van der Waals surface area contributed by atoms with Crippen molar-refractivity contribution in [3.8, 4) is 5.75 Å². The van der Waals surface area contributed by atoms with Crippen molar-refractivity contribution >= 4 is 34.7 Å². The van der Waals surface area contributed by atoms with Gasteiger partial charge in [-0.3, -0.25) is 19.2 Å². The highest BCUT2D eigenvalue weighted by atomic mass is 16.3. The smallest absolute Gasteiger partial charge is 0.236 e. The number of carbonyl (C=O) groups excluding carboxylic acids is 4. The van der Waals surface area contributed by atoms with Crippen LogP contribution in [0.25, 0.3) is 5.76 Å². The van der Waals surface area contributed by atoms with Gasteiger partial charge in [-0.25, -0.2) is 4.98 Å². The number of carbonyl (C=O) groups is 4. The molecule has 0 aliphatic heterocycles. The molecule has 2 aliphatic rings. The molecule has 1 heterocycles. The number of rotatable bonds is 3. The van der Waals surface area contributed by atoms with Crippen LogP contribution in [0.3, 0.4) is 0 Å². The number of hydrogen-bond acceptors (Lipinski definition) is 8. The largest absolute Gasteiger partial charge is 0.507 e. The van der Waals surface area contributed by atoms with Crippen LogP contribution in [0.2, 0.25) is 0 Å². The lowest BCUT2D eigenvalue weighted by molar-refractivity contribution is -0.112. The minimum absolute atomic E-state index is 0.0137. The van der Waals surface area contributed by atoms with E-state index in [0.29, 0.717) is 0 Å². The summed E-state index contributed by atoms with van der Waals surface area (Å²) in [5.74, 6) is -5.16. The number of pyridine rings is 1. The zero-order valence-corrected chi connectivity index (χ0v) is 16.3. The van der Waals surface area contributed by atoms with Gasteiger partial charge < -0.3 is 15.5 Å². The van der Waals surface area contributed by atoms with Crippen LogP contribution in [-0.4, -0.2) is 43.9 Å². The van der Waals surface area contributed by atoms with Crippen LogP contribution in [0, 0.1) is 0 Å². The van der Waals surface area contributed by atoms with Crippen molar-refractivity contribution in [2.24, 2.45) is 0 Å². The minimum Gasteiger partial charge on any atom is -0.507 e. The van der Waals surface area contributed by atoms with Gasteiger partial charge in [0, 0.05) is 28.5 Å². The van der Waals surface area contributed by atoms with E-state index in [0.717, 1.165) is 0 Å². The van der Waals surface area contributed by atoms with Gasteiger partial charge in [0.2, 0.25) is 23.1 Å². The third-order valence-corrected chi connectivity index (χ3v) is 5.66. The van der Waals surface area contributed by atoms with E-state index in [4.69, 9.17) is 0 Å². The van der Waals surface area contributed by atoms with Gasteiger partial charge >= 0.3 is 0 Å². The van der Waals surface area contributed by atoms with Gasteiger partial charge in [0.25, 0.3) is 0 Å². The number of aromatic nitrogens is 1. The van der Waals surface area contributed by atoms with Crippen LogP contribution in [0.5, 0.6) is 5.75 Å². The molecule has 156 valence electrons. The number of fused-ring (bicyclic) bond motifs is 2. The maximum atomic E-state index is 13.7. The number of hydrogen-bond donors (Lipinski definition) is 3. The Hall–Kier alpha value is -4.59. The van der Waals surface area contributed by atoms with E-state index in [-0.39, 0.29) is 28.1 Å². The highest BCUT2D eigenvalue weighted by Crippen LogP contribution is 2.43. The van der Waals surface area contributed by atoms with E-state index in [1.807, 2.05) is 0 Å². The molecular formula is C24H14N2O6. The maximum absolute atomic E-state index is 13.7. The number of aromatic hydroxyl groups is 1. The van der Waals surface area contributed by atoms with E-state index >= 15 is 0 Å². The van der Waals surface area contributed by atoms with Crippen molar-refractivity contribution in [2.75, 3.05) is 5.32 Å². The monoisotopic (exact) mass is 426 g/mol. The third-order valence-electron chi connectivity index (χ3n) is 5.66. The molecule has 0 amide bonds. The second-order valence-corrected chi connectivity index (χ2v) is 7.38. The molecule has 0 fully saturated rings. The maximum Gasteiger partial charge on any atom is 0.236 e. The van der Waals surface area contributed by atoms with Crippen LogP contribution in [0.4, 0.5) is 5.82 Å². The Balaban J connectivity index is 1.84. The molecule has 3 aromatic rings. The molecule has 1 aromatic heterocycles. The first-order chi connectivity index (χ1) is 15.4. The van der Waals surface area contributed by atoms with Crippen molar-refractivity contribution in [1.29, 1.82) is 0 Å². The topological polar surface area (TPSA) is 134 Å². The summed E-state index contributed by atoms with van der Waals surface area (Å²) in [5, 5.41) is 23.9. The Labute approximate surface area is 180 Å². The molecule has 3 N–H and O–H groups in total. The highest BCUT2D eigenvalue weighted by Gasteiger charge is 2.61. The zero-order chi connectivity index (χ0) is 22.6. The van der Waals surface area contributed by atoms with Crippen LogP contribution in [-0.2, 0) is 4.79 Å². The predicted octanol–water partition coefficient (Wildman–Crippen LogP) is 2.75. The fourth-order valence-corrected chi connectivity index (χ4v) is 4.17. The summed E-state index contributed by atoms with van der Waals surface area (Å²) in [6.07, 6.45) is 1.31. The Kier molecular flexibility index (Phi) is 4.06. The molecule has 0 bridgehead atoms. The fraction of sp³-hybridized carbons (Fsp3) is 0.0417. The molecule has 8 heteroatoms. The van der Waals surface area contributed by atoms with Gasteiger partial charge in [0.1, 0.15) is 5.76 Å². The molecular weight excluding hydrogens is 412 g/mol. The SMILES string of the molecule is O=C1C(=O)c2ccccc2C(O)=C1C1(Nc2ncccc2O)C(=O)c2ccccc2C1=O. The van der Waals surface area contributed by atoms with Gasteiger partial charge in [-0.05, 0) is 12.1 Å². The second-order valence-electron chi connectivity index (χ2n) is 7.38. The van der Waals surface area contributed by atoms with Gasteiger partial charge in [-0.2, -0.15) is 0 Å². The van der Waals surface area contributed by atoms with E-state index in [1.54, 1.807) is 18.2 Å². The summed E-state index contributed by atoms with van der Waals surface area (Å²) in [4.78, 5) is 57.3. The molecule has 0 saturated heterocycles. The molecule has 0 unspecified atom stereocenters. The van der Waals surface area contributed by atoms with E-state index < -0.39 is 45.8 Å². The quantitative estimate of drug-likeness (QED) is 0.430. The summed E-state index contributed by atoms with van der Waals surface area (Å²) in [6, 6.07) is 14.5. The Morgan fingerprint density at radius 3 is 1.84 bits per heavy atom. The van der Waals surface area contributed by atoms with Crippen LogP contribution in [0.1, 0.15) is 36.6 Å². The molecule has 5 rings (SSSR count). The van der Waals surface area contributed by atoms with E-state index in [1.165, 1.54) is 48.7 Å². The first kappa shape index (κ1) is 19.4. The lowest BCUT2D eigenvalue weighted by atomic mass is 9.75. The lowest BCUT2D eigenvalue weighted by Crippen LogP contribution is -2.55. The number of benzene rings is 2. The average molecular weight is 426 g/mol. The molecule has 32 heavy (non-hydrogen) atoms. The summed E-state index contributed by atoms with van der Waals surface area (Å²) in [6.45, 7) is 0. The molecule has 8 nitrogen and oxygen atoms in total. The molecule has 2 aromatic carbocycles. The zero-order valence-electron chi connectivity index (χ0n) is 16.3. The van der Waals surface area contributed by atoms with Gasteiger partial charge in [0.15, 0.2) is 17.1 Å². The highest BCUT2D eigenvalue weighted by molar-refractivity contribution is 6.56. The van der Waals surface area contributed by atoms with Crippen LogP contribution >= 0.6 is 0 Å². The number of anilines is 1. The fourth-order valence-electron chi connectivity index (χ4n) is 4.17. The van der Waals surface area contributed by atoms with E-state index in [2.05, 4.69) is 10.3 Å². The number of aliphatic hydroxyl groups excluding tert-OH is 1. The Morgan fingerprint density at radius 2 is 1.25 bits per heavy atom. The first-order valence-electron chi connectivity index (χ1n) is 9.61. The lowest BCUT2D eigenvalue weighted by Gasteiger charge is -2.32. The first-order valence-corrected chi connectivity index (χ1v) is 9.61. The Morgan fingerprint density at radius 1 is 0.688 bits per heavy atom. The van der Waals surface area contributed by atoms with Gasteiger partial charge in [0.05, 0.1) is 5.57 Å². The second kappa shape index (κ2) is 6.71. The molecule has 2 aliphatic carbocycles. The predicted molar refractivity (Wildman–Crippen MR) is 113 cm³/mol. The normalized spacial score (nSPS) is 16.8. The van der Waals surface area contributed by atoms with Crippen molar-refractivity contribution < 1.29 is 29.4 Å². The molecule has 0 saturated carbocycles. The molecule has 0 radical (unpaired) electrons. The minimum atomic E-state index is -2.49. The number of nitrogens with zero attached hydrogens (tertiary/aromatic N) is 1. The van der Waals surface area contributed by atoms with E-state index in [9.17, 15) is 29.4 Å². The van der Waals surface area contributed by atoms with Gasteiger partial charge in [-0.1, -0.05) is 48.5 Å². The number of ketones is 4. The number of nitrogens with one attached hydrogen (secondary N) is 1. The third kappa shape index (κ3) is 2.40. The van der Waals surface area contributed by atoms with Crippen LogP contribution in [0.15, 0.2) is 72.4 Å². The summed E-state index contributed by atoms with van der Waals surface area (Å²) in [7, 11) is 0. The van der Waals surface area contributed by atoms with Crippen LogP contribution < -0.4 is 5.32 Å². The number of Topliss-reactive ketones (excluding diaryl/α,β-unsaturated/α-hetero) is 4. The summed E-state index contributed by atoms with van der Waals surface area (Å²) in [5.41, 5.74) is -3.17. The number of aliphatic hydroxyl groups is 1. The van der Waals surface area contributed by atoms with Crippen molar-refractivity contribution in [2.45, 2.75) is 5.54 Å². The molecule has 0 spiro atoms. The van der Waals surface area contributed by atoms with Crippen molar-refractivity contribution in [1.82, 2.24) is 4.98 Å². The Bertz CT molecular complexity index is 1370. The average Bonchev–Trinajstić information content (AvgIpc) is 3.02. The van der Waals surface area contributed by atoms with Crippen molar-refractivity contribution in [3.63, 3.8) is 0 Å². The molecule has 0 atom stereocenters. The summed E-state index contributed by atoms with van der Waals surface area (Å²) >= 11 is 0. The standard InChI is InChI=1S/C24H14N2O6/c27-16-10-5-11-25-23(16)26-24(21(31)14-8-3-4-9-15(14)22(24)32)17-18(28)12-6-1-2-7-13(12)19(29)20(17)30/h1-11,27-28H,(H,25,26). The summed E-state index contributed by atoms with van der Waals surface area (Å²) < 4.78 is 0.